The molecule has 0 radical (unpaired) electrons. The largest absolute Gasteiger partial charge is 0.407 e. The van der Waals surface area contributed by atoms with Crippen molar-refractivity contribution in [2.24, 2.45) is 5.41 Å². The average molecular weight is 216 g/mol. The summed E-state index contributed by atoms with van der Waals surface area (Å²) >= 11 is 5.54. The van der Waals surface area contributed by atoms with E-state index in [4.69, 9.17) is 16.0 Å². The Kier molecular flexibility index (Phi) is 2.63. The molecular formula is C9H14ClN3O. The number of anilines is 1. The minimum absolute atomic E-state index is 0.270. The van der Waals surface area contributed by atoms with E-state index in [1.165, 1.54) is 19.3 Å². The topological polar surface area (TPSA) is 51.0 Å². The standard InChI is InChI=1S/C9H14ClN3O/c1-9(3-2-4-9)6-11-8-13-12-7(5-10)14-8/h2-6H2,1H3,(H,11,13). The molecule has 1 fully saturated rings. The van der Waals surface area contributed by atoms with Crippen LogP contribution in [0.15, 0.2) is 4.42 Å². The molecule has 1 aliphatic carbocycles. The molecule has 0 amide bonds. The Morgan fingerprint density at radius 1 is 1.50 bits per heavy atom. The van der Waals surface area contributed by atoms with Crippen LogP contribution in [0, 0.1) is 5.41 Å². The average Bonchev–Trinajstić information content (AvgIpc) is 2.59. The number of hydrogen-bond acceptors (Lipinski definition) is 4. The van der Waals surface area contributed by atoms with Gasteiger partial charge in [0.25, 0.3) is 0 Å². The highest BCUT2D eigenvalue weighted by Gasteiger charge is 2.31. The highest BCUT2D eigenvalue weighted by molar-refractivity contribution is 6.16. The van der Waals surface area contributed by atoms with E-state index in [2.05, 4.69) is 22.4 Å². The first-order chi connectivity index (χ1) is 6.72. The van der Waals surface area contributed by atoms with Gasteiger partial charge in [0.2, 0.25) is 5.89 Å². The molecule has 0 unspecified atom stereocenters. The molecule has 1 N–H and O–H groups in total. The van der Waals surface area contributed by atoms with Gasteiger partial charge in [-0.3, -0.25) is 0 Å². The van der Waals surface area contributed by atoms with Crippen molar-refractivity contribution in [3.8, 4) is 0 Å². The second-order valence-corrected chi connectivity index (χ2v) is 4.42. The minimum atomic E-state index is 0.270. The zero-order valence-corrected chi connectivity index (χ0v) is 8.97. The number of aromatic nitrogens is 2. The zero-order chi connectivity index (χ0) is 10.0. The van der Waals surface area contributed by atoms with Crippen LogP contribution in [0.25, 0.3) is 0 Å². The van der Waals surface area contributed by atoms with Crippen LogP contribution in [0.4, 0.5) is 6.01 Å². The van der Waals surface area contributed by atoms with Crippen LogP contribution < -0.4 is 5.32 Å². The van der Waals surface area contributed by atoms with Crippen molar-refractivity contribution in [2.75, 3.05) is 11.9 Å². The van der Waals surface area contributed by atoms with Gasteiger partial charge < -0.3 is 9.73 Å². The van der Waals surface area contributed by atoms with Crippen molar-refractivity contribution < 1.29 is 4.42 Å². The predicted molar refractivity (Wildman–Crippen MR) is 54.3 cm³/mol. The van der Waals surface area contributed by atoms with Gasteiger partial charge >= 0.3 is 6.01 Å². The first kappa shape index (κ1) is 9.77. The molecule has 0 spiro atoms. The van der Waals surface area contributed by atoms with Gasteiger partial charge in [-0.1, -0.05) is 18.4 Å². The van der Waals surface area contributed by atoms with Crippen LogP contribution in [0.3, 0.4) is 0 Å². The third kappa shape index (κ3) is 2.00. The van der Waals surface area contributed by atoms with E-state index in [1.807, 2.05) is 0 Å². The summed E-state index contributed by atoms with van der Waals surface area (Å²) in [7, 11) is 0. The predicted octanol–water partition coefficient (Wildman–Crippen LogP) is 2.41. The molecule has 4 nitrogen and oxygen atoms in total. The van der Waals surface area contributed by atoms with Crippen LogP contribution in [0.1, 0.15) is 32.1 Å². The smallest absolute Gasteiger partial charge is 0.315 e. The fraction of sp³-hybridized carbons (Fsp3) is 0.778. The van der Waals surface area contributed by atoms with Crippen molar-refractivity contribution >= 4 is 17.6 Å². The Morgan fingerprint density at radius 2 is 2.29 bits per heavy atom. The lowest BCUT2D eigenvalue weighted by atomic mass is 9.70. The van der Waals surface area contributed by atoms with E-state index in [0.717, 1.165) is 6.54 Å². The molecule has 0 aromatic carbocycles. The van der Waals surface area contributed by atoms with E-state index >= 15 is 0 Å². The fourth-order valence-corrected chi connectivity index (χ4v) is 1.73. The van der Waals surface area contributed by atoms with Crippen molar-refractivity contribution in [1.29, 1.82) is 0 Å². The number of rotatable bonds is 4. The Labute approximate surface area is 88.0 Å². The molecule has 1 aromatic rings. The van der Waals surface area contributed by atoms with Gasteiger partial charge in [0.05, 0.1) is 0 Å². The lowest BCUT2D eigenvalue weighted by Gasteiger charge is -2.38. The second kappa shape index (κ2) is 3.77. The first-order valence-corrected chi connectivity index (χ1v) is 5.38. The maximum atomic E-state index is 5.54. The lowest BCUT2D eigenvalue weighted by Crippen LogP contribution is -2.33. The molecule has 0 bridgehead atoms. The summed E-state index contributed by atoms with van der Waals surface area (Å²) < 4.78 is 5.23. The van der Waals surface area contributed by atoms with Gasteiger partial charge in [-0.2, -0.15) is 0 Å². The number of hydrogen-bond donors (Lipinski definition) is 1. The summed E-state index contributed by atoms with van der Waals surface area (Å²) in [5.41, 5.74) is 0.412. The molecule has 5 heteroatoms. The third-order valence-corrected chi connectivity index (χ3v) is 3.04. The van der Waals surface area contributed by atoms with E-state index < -0.39 is 0 Å². The van der Waals surface area contributed by atoms with Crippen molar-refractivity contribution in [3.05, 3.63) is 5.89 Å². The van der Waals surface area contributed by atoms with Gasteiger partial charge in [-0.05, 0) is 18.3 Å². The van der Waals surface area contributed by atoms with Crippen LogP contribution >= 0.6 is 11.6 Å². The SMILES string of the molecule is CC1(CNc2nnc(CCl)o2)CCC1. The molecule has 0 aliphatic heterocycles. The van der Waals surface area contributed by atoms with Gasteiger partial charge in [0.1, 0.15) is 5.88 Å². The van der Waals surface area contributed by atoms with Crippen LogP contribution in [0.5, 0.6) is 0 Å². The Hall–Kier alpha value is -0.770. The number of nitrogens with zero attached hydrogens (tertiary/aromatic N) is 2. The zero-order valence-electron chi connectivity index (χ0n) is 8.22. The Bertz CT molecular complexity index is 309. The molecule has 2 rings (SSSR count). The van der Waals surface area contributed by atoms with Gasteiger partial charge in [-0.25, -0.2) is 0 Å². The molecule has 1 aliphatic rings. The quantitative estimate of drug-likeness (QED) is 0.784. The van der Waals surface area contributed by atoms with Gasteiger partial charge in [-0.15, -0.1) is 16.7 Å². The van der Waals surface area contributed by atoms with E-state index in [0.29, 0.717) is 17.3 Å². The van der Waals surface area contributed by atoms with E-state index in [9.17, 15) is 0 Å². The summed E-state index contributed by atoms with van der Waals surface area (Å²) in [4.78, 5) is 0. The molecule has 1 aromatic heterocycles. The van der Waals surface area contributed by atoms with Gasteiger partial charge in [0, 0.05) is 6.54 Å². The summed E-state index contributed by atoms with van der Waals surface area (Å²) in [5, 5.41) is 10.7. The van der Waals surface area contributed by atoms with Crippen LogP contribution in [-0.2, 0) is 5.88 Å². The van der Waals surface area contributed by atoms with Crippen LogP contribution in [-0.4, -0.2) is 16.7 Å². The Morgan fingerprint density at radius 3 is 2.79 bits per heavy atom. The highest BCUT2D eigenvalue weighted by atomic mass is 35.5. The van der Waals surface area contributed by atoms with Gasteiger partial charge in [0.15, 0.2) is 0 Å². The maximum Gasteiger partial charge on any atom is 0.315 e. The number of halogens is 1. The Balaban J connectivity index is 1.85. The summed E-state index contributed by atoms with van der Waals surface area (Å²) in [6, 6.07) is 0.480. The fourth-order valence-electron chi connectivity index (χ4n) is 1.63. The molecule has 78 valence electrons. The normalized spacial score (nSPS) is 19.0. The highest BCUT2D eigenvalue weighted by Crippen LogP contribution is 2.40. The maximum absolute atomic E-state index is 5.54. The molecule has 1 saturated carbocycles. The van der Waals surface area contributed by atoms with Crippen molar-refractivity contribution in [2.45, 2.75) is 32.1 Å². The third-order valence-electron chi connectivity index (χ3n) is 2.81. The number of alkyl halides is 1. The molecule has 0 atom stereocenters. The van der Waals surface area contributed by atoms with E-state index in [1.54, 1.807) is 0 Å². The molecule has 0 saturated heterocycles. The summed E-state index contributed by atoms with van der Waals surface area (Å²) in [5.74, 6) is 0.735. The monoisotopic (exact) mass is 215 g/mol. The number of nitrogens with one attached hydrogen (secondary N) is 1. The van der Waals surface area contributed by atoms with Crippen LogP contribution in [0.2, 0.25) is 0 Å². The summed E-state index contributed by atoms with van der Waals surface area (Å²) in [6.07, 6.45) is 3.88. The summed E-state index contributed by atoms with van der Waals surface area (Å²) in [6.45, 7) is 3.17. The molecule has 14 heavy (non-hydrogen) atoms. The molecular weight excluding hydrogens is 202 g/mol. The van der Waals surface area contributed by atoms with Crippen molar-refractivity contribution in [3.63, 3.8) is 0 Å². The first-order valence-electron chi connectivity index (χ1n) is 4.84. The second-order valence-electron chi connectivity index (χ2n) is 4.15. The van der Waals surface area contributed by atoms with E-state index in [-0.39, 0.29) is 5.88 Å². The lowest BCUT2D eigenvalue weighted by molar-refractivity contribution is 0.178. The minimum Gasteiger partial charge on any atom is -0.407 e. The van der Waals surface area contributed by atoms with Crippen molar-refractivity contribution in [1.82, 2.24) is 10.2 Å². The molecule has 1 heterocycles.